The van der Waals surface area contributed by atoms with Crippen molar-refractivity contribution >= 4 is 5.97 Å². The predicted octanol–water partition coefficient (Wildman–Crippen LogP) is 1.91. The SMILES string of the molecule is CN1CCCC(N(C)Cc2cccc(C(=O)O)c2)C1. The van der Waals surface area contributed by atoms with Gasteiger partial charge in [-0.3, -0.25) is 4.90 Å². The monoisotopic (exact) mass is 262 g/mol. The second kappa shape index (κ2) is 6.17. The number of aromatic carboxylic acids is 1. The van der Waals surface area contributed by atoms with Gasteiger partial charge in [0.05, 0.1) is 5.56 Å². The zero-order valence-corrected chi connectivity index (χ0v) is 11.7. The first-order valence-corrected chi connectivity index (χ1v) is 6.77. The number of hydrogen-bond donors (Lipinski definition) is 1. The fraction of sp³-hybridized carbons (Fsp3) is 0.533. The van der Waals surface area contributed by atoms with Crippen molar-refractivity contribution in [3.63, 3.8) is 0 Å². The number of likely N-dealkylation sites (N-methyl/N-ethyl adjacent to an activating group) is 2. The van der Waals surface area contributed by atoms with Crippen molar-refractivity contribution in [2.75, 3.05) is 27.2 Å². The van der Waals surface area contributed by atoms with Crippen LogP contribution in [0.5, 0.6) is 0 Å². The fourth-order valence-electron chi connectivity index (χ4n) is 2.72. The minimum absolute atomic E-state index is 0.367. The van der Waals surface area contributed by atoms with Gasteiger partial charge in [-0.2, -0.15) is 0 Å². The van der Waals surface area contributed by atoms with E-state index < -0.39 is 5.97 Å². The average molecular weight is 262 g/mol. The number of carboxylic acids is 1. The molecule has 104 valence electrons. The first-order chi connectivity index (χ1) is 9.06. The van der Waals surface area contributed by atoms with Crippen molar-refractivity contribution in [3.05, 3.63) is 35.4 Å². The molecule has 4 nitrogen and oxygen atoms in total. The lowest BCUT2D eigenvalue weighted by Gasteiger charge is -2.35. The molecule has 1 N–H and O–H groups in total. The molecule has 1 aromatic carbocycles. The van der Waals surface area contributed by atoms with Gasteiger partial charge in [0.15, 0.2) is 0 Å². The van der Waals surface area contributed by atoms with Crippen molar-refractivity contribution in [3.8, 4) is 0 Å². The van der Waals surface area contributed by atoms with E-state index in [-0.39, 0.29) is 0 Å². The summed E-state index contributed by atoms with van der Waals surface area (Å²) >= 11 is 0. The summed E-state index contributed by atoms with van der Waals surface area (Å²) in [7, 11) is 4.28. The number of likely N-dealkylation sites (tertiary alicyclic amines) is 1. The highest BCUT2D eigenvalue weighted by Crippen LogP contribution is 2.16. The third-order valence-electron chi connectivity index (χ3n) is 3.83. The van der Waals surface area contributed by atoms with Crippen LogP contribution in [0.2, 0.25) is 0 Å². The predicted molar refractivity (Wildman–Crippen MR) is 75.4 cm³/mol. The van der Waals surface area contributed by atoms with Crippen LogP contribution in [-0.4, -0.2) is 54.1 Å². The summed E-state index contributed by atoms with van der Waals surface area (Å²) in [6.07, 6.45) is 2.46. The Labute approximate surface area is 114 Å². The molecule has 1 aliphatic rings. The summed E-state index contributed by atoms with van der Waals surface area (Å²) < 4.78 is 0. The first-order valence-electron chi connectivity index (χ1n) is 6.77. The van der Waals surface area contributed by atoms with E-state index >= 15 is 0 Å². The highest BCUT2D eigenvalue weighted by Gasteiger charge is 2.21. The Morgan fingerprint density at radius 1 is 1.53 bits per heavy atom. The van der Waals surface area contributed by atoms with Crippen LogP contribution in [0.1, 0.15) is 28.8 Å². The lowest BCUT2D eigenvalue weighted by molar-refractivity contribution is 0.0696. The minimum Gasteiger partial charge on any atom is -0.478 e. The molecule has 0 aliphatic carbocycles. The second-order valence-electron chi connectivity index (χ2n) is 5.48. The minimum atomic E-state index is -0.859. The molecule has 1 aliphatic heterocycles. The molecule has 1 fully saturated rings. The lowest BCUT2D eigenvalue weighted by Crippen LogP contribution is -2.44. The summed E-state index contributed by atoms with van der Waals surface area (Å²) in [4.78, 5) is 15.7. The maximum absolute atomic E-state index is 11.0. The van der Waals surface area contributed by atoms with Crippen LogP contribution in [0.4, 0.5) is 0 Å². The highest BCUT2D eigenvalue weighted by atomic mass is 16.4. The molecule has 0 aromatic heterocycles. The first kappa shape index (κ1) is 14.0. The maximum atomic E-state index is 11.0. The van der Waals surface area contributed by atoms with Crippen molar-refractivity contribution < 1.29 is 9.90 Å². The number of benzene rings is 1. The quantitative estimate of drug-likeness (QED) is 0.900. The molecule has 0 bridgehead atoms. The third-order valence-corrected chi connectivity index (χ3v) is 3.83. The molecule has 19 heavy (non-hydrogen) atoms. The molecule has 0 spiro atoms. The van der Waals surface area contributed by atoms with Crippen molar-refractivity contribution in [1.29, 1.82) is 0 Å². The lowest BCUT2D eigenvalue weighted by atomic mass is 10.0. The van der Waals surface area contributed by atoms with Crippen LogP contribution >= 0.6 is 0 Å². The number of carboxylic acid groups (broad SMARTS) is 1. The van der Waals surface area contributed by atoms with Gasteiger partial charge >= 0.3 is 5.97 Å². The van der Waals surface area contributed by atoms with Crippen LogP contribution in [0.15, 0.2) is 24.3 Å². The molecular formula is C15H22N2O2. The van der Waals surface area contributed by atoms with Gasteiger partial charge in [0, 0.05) is 19.1 Å². The molecule has 0 amide bonds. The van der Waals surface area contributed by atoms with E-state index in [2.05, 4.69) is 23.9 Å². The summed E-state index contributed by atoms with van der Waals surface area (Å²) in [6.45, 7) is 3.08. The summed E-state index contributed by atoms with van der Waals surface area (Å²) in [5, 5.41) is 9.01. The molecule has 1 unspecified atom stereocenters. The van der Waals surface area contributed by atoms with Gasteiger partial charge in [-0.05, 0) is 51.2 Å². The number of rotatable bonds is 4. The Bertz CT molecular complexity index is 448. The zero-order chi connectivity index (χ0) is 13.8. The van der Waals surface area contributed by atoms with Crippen LogP contribution < -0.4 is 0 Å². The van der Waals surface area contributed by atoms with Gasteiger partial charge in [0.1, 0.15) is 0 Å². The number of hydrogen-bond acceptors (Lipinski definition) is 3. The number of carbonyl (C=O) groups is 1. The van der Waals surface area contributed by atoms with E-state index in [9.17, 15) is 4.79 Å². The molecule has 1 aromatic rings. The van der Waals surface area contributed by atoms with Gasteiger partial charge in [-0.1, -0.05) is 12.1 Å². The summed E-state index contributed by atoms with van der Waals surface area (Å²) in [5.74, 6) is -0.859. The van der Waals surface area contributed by atoms with E-state index in [4.69, 9.17) is 5.11 Å². The molecule has 2 rings (SSSR count). The van der Waals surface area contributed by atoms with Gasteiger partial charge in [0.2, 0.25) is 0 Å². The molecular weight excluding hydrogens is 240 g/mol. The molecule has 4 heteroatoms. The molecule has 0 saturated carbocycles. The average Bonchev–Trinajstić information content (AvgIpc) is 2.39. The van der Waals surface area contributed by atoms with E-state index in [0.717, 1.165) is 18.7 Å². The smallest absolute Gasteiger partial charge is 0.335 e. The van der Waals surface area contributed by atoms with Crippen molar-refractivity contribution in [2.45, 2.75) is 25.4 Å². The Morgan fingerprint density at radius 2 is 2.32 bits per heavy atom. The number of nitrogens with zero attached hydrogens (tertiary/aromatic N) is 2. The third kappa shape index (κ3) is 3.78. The van der Waals surface area contributed by atoms with Crippen LogP contribution in [-0.2, 0) is 6.54 Å². The Morgan fingerprint density at radius 3 is 3.00 bits per heavy atom. The van der Waals surface area contributed by atoms with Crippen LogP contribution in [0.3, 0.4) is 0 Å². The van der Waals surface area contributed by atoms with E-state index in [0.29, 0.717) is 11.6 Å². The second-order valence-corrected chi connectivity index (χ2v) is 5.48. The summed E-state index contributed by atoms with van der Waals surface area (Å²) in [5.41, 5.74) is 1.43. The molecule has 1 atom stereocenters. The fourth-order valence-corrected chi connectivity index (χ4v) is 2.72. The largest absolute Gasteiger partial charge is 0.478 e. The highest BCUT2D eigenvalue weighted by molar-refractivity contribution is 5.87. The van der Waals surface area contributed by atoms with E-state index in [1.54, 1.807) is 12.1 Å². The van der Waals surface area contributed by atoms with Gasteiger partial charge < -0.3 is 10.0 Å². The van der Waals surface area contributed by atoms with Gasteiger partial charge in [0.25, 0.3) is 0 Å². The zero-order valence-electron chi connectivity index (χ0n) is 11.7. The Kier molecular flexibility index (Phi) is 4.56. The van der Waals surface area contributed by atoms with Crippen LogP contribution in [0, 0.1) is 0 Å². The Hall–Kier alpha value is -1.39. The maximum Gasteiger partial charge on any atom is 0.335 e. The van der Waals surface area contributed by atoms with Gasteiger partial charge in [-0.25, -0.2) is 4.79 Å². The van der Waals surface area contributed by atoms with E-state index in [1.807, 2.05) is 12.1 Å². The molecule has 0 radical (unpaired) electrons. The van der Waals surface area contributed by atoms with Gasteiger partial charge in [-0.15, -0.1) is 0 Å². The summed E-state index contributed by atoms with van der Waals surface area (Å²) in [6, 6.07) is 7.79. The number of piperidine rings is 1. The topological polar surface area (TPSA) is 43.8 Å². The van der Waals surface area contributed by atoms with E-state index in [1.165, 1.54) is 19.4 Å². The van der Waals surface area contributed by atoms with Crippen molar-refractivity contribution in [1.82, 2.24) is 9.80 Å². The normalized spacial score (nSPS) is 20.7. The Balaban J connectivity index is 1.99. The molecule has 1 saturated heterocycles. The van der Waals surface area contributed by atoms with Crippen LogP contribution in [0.25, 0.3) is 0 Å². The standard InChI is InChI=1S/C15H22N2O2/c1-16-8-4-7-14(11-16)17(2)10-12-5-3-6-13(9-12)15(18)19/h3,5-6,9,14H,4,7-8,10-11H2,1-2H3,(H,18,19). The van der Waals surface area contributed by atoms with Crippen molar-refractivity contribution in [2.24, 2.45) is 0 Å². The molecule has 1 heterocycles.